The van der Waals surface area contributed by atoms with Crippen LogP contribution in [0.25, 0.3) is 0 Å². The van der Waals surface area contributed by atoms with Crippen LogP contribution in [0.5, 0.6) is 11.5 Å². The molecule has 1 saturated heterocycles. The van der Waals surface area contributed by atoms with E-state index < -0.39 is 10.0 Å². The molecule has 21 heavy (non-hydrogen) atoms. The first kappa shape index (κ1) is 14.7. The molecular formula is C15H21NO4S. The van der Waals surface area contributed by atoms with Gasteiger partial charge in [-0.3, -0.25) is 0 Å². The molecule has 116 valence electrons. The van der Waals surface area contributed by atoms with Crippen molar-refractivity contribution in [2.75, 3.05) is 26.3 Å². The van der Waals surface area contributed by atoms with Gasteiger partial charge in [-0.15, -0.1) is 0 Å². The van der Waals surface area contributed by atoms with Crippen LogP contribution < -0.4 is 9.47 Å². The summed E-state index contributed by atoms with van der Waals surface area (Å²) in [5.74, 6) is 1.12. The second kappa shape index (κ2) is 5.18. The van der Waals surface area contributed by atoms with Gasteiger partial charge in [0.05, 0.1) is 4.90 Å². The molecule has 0 atom stereocenters. The molecule has 2 aliphatic rings. The lowest BCUT2D eigenvalue weighted by Gasteiger charge is -2.36. The summed E-state index contributed by atoms with van der Waals surface area (Å²) < 4.78 is 37.9. The summed E-state index contributed by atoms with van der Waals surface area (Å²) in [7, 11) is -3.45. The van der Waals surface area contributed by atoms with Crippen molar-refractivity contribution in [1.82, 2.24) is 4.31 Å². The highest BCUT2D eigenvalue weighted by Crippen LogP contribution is 2.35. The average Bonchev–Trinajstić information content (AvgIpc) is 2.46. The molecule has 0 unspecified atom stereocenters. The summed E-state index contributed by atoms with van der Waals surface area (Å²) in [6.45, 7) is 6.46. The third kappa shape index (κ3) is 2.87. The molecule has 5 nitrogen and oxygen atoms in total. The zero-order valence-corrected chi connectivity index (χ0v) is 13.3. The minimum absolute atomic E-state index is 0.221. The monoisotopic (exact) mass is 311 g/mol. The Kier molecular flexibility index (Phi) is 3.61. The number of piperidine rings is 1. The summed E-state index contributed by atoms with van der Waals surface area (Å²) in [5, 5.41) is 0. The highest BCUT2D eigenvalue weighted by atomic mass is 32.2. The van der Waals surface area contributed by atoms with Gasteiger partial charge in [-0.05, 0) is 30.4 Å². The Labute approximate surface area is 125 Å². The first-order chi connectivity index (χ1) is 9.88. The number of nitrogens with zero attached hydrogens (tertiary/aromatic N) is 1. The van der Waals surface area contributed by atoms with Crippen LogP contribution in [0.2, 0.25) is 0 Å². The highest BCUT2D eigenvalue weighted by molar-refractivity contribution is 7.89. The molecule has 0 aromatic heterocycles. The van der Waals surface area contributed by atoms with E-state index in [2.05, 4.69) is 13.8 Å². The van der Waals surface area contributed by atoms with Gasteiger partial charge >= 0.3 is 0 Å². The summed E-state index contributed by atoms with van der Waals surface area (Å²) in [5.41, 5.74) is 0.221. The SMILES string of the molecule is CC1(C)CCN(S(=O)(=O)c2ccc3c(c2)OCCO3)CC1. The van der Waals surface area contributed by atoms with Crippen LogP contribution in [0, 0.1) is 5.41 Å². The molecular weight excluding hydrogens is 290 g/mol. The molecule has 6 heteroatoms. The summed E-state index contributed by atoms with van der Waals surface area (Å²) in [4.78, 5) is 0.284. The van der Waals surface area contributed by atoms with Crippen molar-refractivity contribution in [1.29, 1.82) is 0 Å². The number of fused-ring (bicyclic) bond motifs is 1. The van der Waals surface area contributed by atoms with Crippen molar-refractivity contribution >= 4 is 10.0 Å². The third-order valence-corrected chi connectivity index (χ3v) is 6.12. The Hall–Kier alpha value is -1.27. The van der Waals surface area contributed by atoms with Gasteiger partial charge in [0, 0.05) is 19.2 Å². The van der Waals surface area contributed by atoms with Gasteiger partial charge in [0.1, 0.15) is 13.2 Å². The highest BCUT2D eigenvalue weighted by Gasteiger charge is 2.33. The fraction of sp³-hybridized carbons (Fsp3) is 0.600. The fourth-order valence-corrected chi connectivity index (χ4v) is 4.12. The van der Waals surface area contributed by atoms with Crippen molar-refractivity contribution in [2.45, 2.75) is 31.6 Å². The average molecular weight is 311 g/mol. The van der Waals surface area contributed by atoms with Gasteiger partial charge in [-0.1, -0.05) is 13.8 Å². The lowest BCUT2D eigenvalue weighted by atomic mass is 9.83. The Bertz CT molecular complexity index is 629. The first-order valence-corrected chi connectivity index (χ1v) is 8.72. The lowest BCUT2D eigenvalue weighted by molar-refractivity contribution is 0.171. The standard InChI is InChI=1S/C15H21NO4S/c1-15(2)5-7-16(8-6-15)21(17,18)12-3-4-13-14(11-12)20-10-9-19-13/h3-4,11H,5-10H2,1-2H3. The van der Waals surface area contributed by atoms with Gasteiger partial charge in [-0.2, -0.15) is 4.31 Å². The predicted molar refractivity (Wildman–Crippen MR) is 79.2 cm³/mol. The molecule has 2 heterocycles. The fourth-order valence-electron chi connectivity index (χ4n) is 2.67. The zero-order valence-electron chi connectivity index (χ0n) is 12.5. The van der Waals surface area contributed by atoms with Gasteiger partial charge in [0.25, 0.3) is 0 Å². The second-order valence-corrected chi connectivity index (χ2v) is 8.31. The zero-order chi connectivity index (χ0) is 15.1. The Balaban J connectivity index is 1.85. The van der Waals surface area contributed by atoms with E-state index in [4.69, 9.17) is 9.47 Å². The van der Waals surface area contributed by atoms with E-state index in [0.29, 0.717) is 37.8 Å². The Morgan fingerprint density at radius 1 is 1.05 bits per heavy atom. The minimum Gasteiger partial charge on any atom is -0.486 e. The van der Waals surface area contributed by atoms with Crippen molar-refractivity contribution in [3.05, 3.63) is 18.2 Å². The van der Waals surface area contributed by atoms with Gasteiger partial charge in [-0.25, -0.2) is 8.42 Å². The predicted octanol–water partition coefficient (Wildman–Crippen LogP) is 2.27. The van der Waals surface area contributed by atoms with Crippen LogP contribution in [0.1, 0.15) is 26.7 Å². The number of sulfonamides is 1. The van der Waals surface area contributed by atoms with Gasteiger partial charge in [0.2, 0.25) is 10.0 Å². The van der Waals surface area contributed by atoms with E-state index in [1.807, 2.05) is 0 Å². The van der Waals surface area contributed by atoms with Crippen molar-refractivity contribution < 1.29 is 17.9 Å². The lowest BCUT2D eigenvalue weighted by Crippen LogP contribution is -2.41. The van der Waals surface area contributed by atoms with E-state index in [0.717, 1.165) is 12.8 Å². The smallest absolute Gasteiger partial charge is 0.243 e. The van der Waals surface area contributed by atoms with Crippen molar-refractivity contribution in [3.8, 4) is 11.5 Å². The maximum Gasteiger partial charge on any atom is 0.243 e. The van der Waals surface area contributed by atoms with Crippen LogP contribution in [0.4, 0.5) is 0 Å². The van der Waals surface area contributed by atoms with Crippen LogP contribution >= 0.6 is 0 Å². The van der Waals surface area contributed by atoms with Crippen molar-refractivity contribution in [2.24, 2.45) is 5.41 Å². The molecule has 0 saturated carbocycles. The molecule has 1 aromatic carbocycles. The second-order valence-electron chi connectivity index (χ2n) is 6.37. The molecule has 3 rings (SSSR count). The van der Waals surface area contributed by atoms with Crippen LogP contribution in [0.3, 0.4) is 0 Å². The maximum absolute atomic E-state index is 12.7. The van der Waals surface area contributed by atoms with Crippen LogP contribution in [-0.4, -0.2) is 39.0 Å². The Morgan fingerprint density at radius 2 is 1.67 bits per heavy atom. The van der Waals surface area contributed by atoms with E-state index in [1.54, 1.807) is 22.5 Å². The topological polar surface area (TPSA) is 55.8 Å². The van der Waals surface area contributed by atoms with Gasteiger partial charge < -0.3 is 9.47 Å². The van der Waals surface area contributed by atoms with Crippen LogP contribution in [-0.2, 0) is 10.0 Å². The summed E-state index contributed by atoms with van der Waals surface area (Å²) in [6, 6.07) is 4.85. The third-order valence-electron chi connectivity index (χ3n) is 4.23. The molecule has 0 amide bonds. The maximum atomic E-state index is 12.7. The molecule has 0 aliphatic carbocycles. The number of hydrogen-bond donors (Lipinski definition) is 0. The first-order valence-electron chi connectivity index (χ1n) is 7.28. The number of benzene rings is 1. The summed E-state index contributed by atoms with van der Waals surface area (Å²) in [6.07, 6.45) is 1.77. The van der Waals surface area contributed by atoms with E-state index in [9.17, 15) is 8.42 Å². The Morgan fingerprint density at radius 3 is 2.33 bits per heavy atom. The molecule has 1 aromatic rings. The molecule has 0 bridgehead atoms. The minimum atomic E-state index is -3.45. The number of hydrogen-bond acceptors (Lipinski definition) is 4. The number of ether oxygens (including phenoxy) is 2. The quantitative estimate of drug-likeness (QED) is 0.841. The van der Waals surface area contributed by atoms with Crippen molar-refractivity contribution in [3.63, 3.8) is 0 Å². The molecule has 0 radical (unpaired) electrons. The largest absolute Gasteiger partial charge is 0.486 e. The molecule has 1 fully saturated rings. The van der Waals surface area contributed by atoms with E-state index in [-0.39, 0.29) is 10.3 Å². The summed E-state index contributed by atoms with van der Waals surface area (Å²) >= 11 is 0. The number of rotatable bonds is 2. The normalized spacial score (nSPS) is 22.0. The molecule has 2 aliphatic heterocycles. The molecule has 0 N–H and O–H groups in total. The van der Waals surface area contributed by atoms with E-state index in [1.165, 1.54) is 0 Å². The van der Waals surface area contributed by atoms with E-state index >= 15 is 0 Å². The van der Waals surface area contributed by atoms with Gasteiger partial charge in [0.15, 0.2) is 11.5 Å². The molecule has 0 spiro atoms. The van der Waals surface area contributed by atoms with Crippen LogP contribution in [0.15, 0.2) is 23.1 Å².